The third kappa shape index (κ3) is 6.59. The lowest BCUT2D eigenvalue weighted by Gasteiger charge is -2.14. The van der Waals surface area contributed by atoms with Crippen molar-refractivity contribution in [1.82, 2.24) is 0 Å². The lowest BCUT2D eigenvalue weighted by Crippen LogP contribution is -2.14. The van der Waals surface area contributed by atoms with Crippen LogP contribution in [0.25, 0.3) is 0 Å². The Morgan fingerprint density at radius 2 is 1.00 bits per heavy atom. The summed E-state index contributed by atoms with van der Waals surface area (Å²) in [7, 11) is 0. The Hall–Kier alpha value is -1.84. The number of benzene rings is 1. The predicted molar refractivity (Wildman–Crippen MR) is 128 cm³/mol. The van der Waals surface area contributed by atoms with Gasteiger partial charge in [0.2, 0.25) is 0 Å². The normalized spacial score (nSPS) is 17.8. The summed E-state index contributed by atoms with van der Waals surface area (Å²) in [5.74, 6) is -1.18. The summed E-state index contributed by atoms with van der Waals surface area (Å²) in [6, 6.07) is 4.75. The van der Waals surface area contributed by atoms with E-state index < -0.39 is 11.9 Å². The second kappa shape index (κ2) is 10.9. The zero-order valence-electron chi connectivity index (χ0n) is 20.2. The van der Waals surface area contributed by atoms with Crippen LogP contribution in [-0.4, -0.2) is 22.2 Å². The highest BCUT2D eigenvalue weighted by Gasteiger charge is 2.49. The minimum Gasteiger partial charge on any atom is -0.481 e. The molecule has 0 aromatic heterocycles. The van der Waals surface area contributed by atoms with Crippen molar-refractivity contribution in [3.8, 4) is 0 Å². The van der Waals surface area contributed by atoms with Crippen molar-refractivity contribution in [1.29, 1.82) is 0 Å². The molecule has 0 aliphatic heterocycles. The van der Waals surface area contributed by atoms with Crippen LogP contribution in [0, 0.1) is 24.7 Å². The molecule has 0 saturated heterocycles. The highest BCUT2D eigenvalue weighted by molar-refractivity contribution is 5.78. The molecule has 0 radical (unpaired) electrons. The Kier molecular flexibility index (Phi) is 8.41. The number of aliphatic carboxylic acids is 2. The molecule has 0 amide bonds. The van der Waals surface area contributed by atoms with Crippen molar-refractivity contribution in [2.75, 3.05) is 0 Å². The van der Waals surface area contributed by atoms with Gasteiger partial charge in [-0.25, -0.2) is 0 Å². The zero-order valence-corrected chi connectivity index (χ0v) is 20.2. The molecule has 0 unspecified atom stereocenters. The van der Waals surface area contributed by atoms with Crippen molar-refractivity contribution in [2.24, 2.45) is 10.8 Å². The van der Waals surface area contributed by atoms with Gasteiger partial charge in [0.15, 0.2) is 0 Å². The number of hydrogen-bond acceptors (Lipinski definition) is 2. The molecule has 0 atom stereocenters. The fourth-order valence-electron chi connectivity index (χ4n) is 5.11. The van der Waals surface area contributed by atoms with Crippen LogP contribution in [0.15, 0.2) is 12.1 Å². The van der Waals surface area contributed by atoms with Crippen molar-refractivity contribution in [3.05, 3.63) is 34.4 Å². The molecular weight excluding hydrogens is 400 g/mol. The van der Waals surface area contributed by atoms with E-state index in [0.29, 0.717) is 0 Å². The second-order valence-electron chi connectivity index (χ2n) is 10.7. The number of carboxylic acid groups (broad SMARTS) is 2. The number of unbranched alkanes of at least 4 members (excludes halogenated alkanes) is 6. The molecule has 0 heterocycles. The first-order valence-electron chi connectivity index (χ1n) is 12.8. The Morgan fingerprint density at radius 1 is 0.656 bits per heavy atom. The quantitative estimate of drug-likeness (QED) is 0.270. The summed E-state index contributed by atoms with van der Waals surface area (Å²) < 4.78 is 0. The van der Waals surface area contributed by atoms with Crippen LogP contribution < -0.4 is 0 Å². The molecule has 178 valence electrons. The minimum atomic E-state index is -0.591. The van der Waals surface area contributed by atoms with Crippen molar-refractivity contribution in [3.63, 3.8) is 0 Å². The standard InChI is InChI=1S/C28H42O4/c1-21-19-23(11-7-3-5-9-13-27(15-16-27)25(29)30)24(20-22(21)2)12-8-4-6-10-14-28(17-18-28)26(31)32/h19-20H,3-18H2,1-2H3,(H,29,30)(H,31,32). The number of rotatable bonds is 16. The van der Waals surface area contributed by atoms with E-state index in [-0.39, 0.29) is 10.8 Å². The van der Waals surface area contributed by atoms with Gasteiger partial charge in [0.1, 0.15) is 0 Å². The maximum atomic E-state index is 11.3. The van der Waals surface area contributed by atoms with Gasteiger partial charge in [-0.2, -0.15) is 0 Å². The van der Waals surface area contributed by atoms with Gasteiger partial charge in [-0.1, -0.05) is 50.7 Å². The third-order valence-corrected chi connectivity index (χ3v) is 8.13. The molecule has 1 aromatic carbocycles. The average molecular weight is 443 g/mol. The Morgan fingerprint density at radius 3 is 1.31 bits per heavy atom. The molecule has 3 rings (SSSR count). The van der Waals surface area contributed by atoms with E-state index >= 15 is 0 Å². The summed E-state index contributed by atoms with van der Waals surface area (Å²) in [6.45, 7) is 4.39. The molecule has 2 saturated carbocycles. The Balaban J connectivity index is 1.35. The van der Waals surface area contributed by atoms with E-state index in [9.17, 15) is 19.8 Å². The molecule has 32 heavy (non-hydrogen) atoms. The minimum absolute atomic E-state index is 0.367. The van der Waals surface area contributed by atoms with E-state index in [1.54, 1.807) is 0 Å². The van der Waals surface area contributed by atoms with E-state index in [1.165, 1.54) is 47.9 Å². The van der Waals surface area contributed by atoms with Crippen LogP contribution >= 0.6 is 0 Å². The molecule has 0 bridgehead atoms. The fraction of sp³-hybridized carbons (Fsp3) is 0.714. The molecule has 4 heteroatoms. The van der Waals surface area contributed by atoms with Gasteiger partial charge in [0.25, 0.3) is 0 Å². The van der Waals surface area contributed by atoms with Gasteiger partial charge in [-0.3, -0.25) is 9.59 Å². The smallest absolute Gasteiger partial charge is 0.309 e. The van der Waals surface area contributed by atoms with Gasteiger partial charge in [-0.15, -0.1) is 0 Å². The van der Waals surface area contributed by atoms with Gasteiger partial charge >= 0.3 is 11.9 Å². The van der Waals surface area contributed by atoms with E-state index in [0.717, 1.165) is 77.0 Å². The Bertz CT molecular complexity index is 735. The lowest BCUT2D eigenvalue weighted by molar-refractivity contribution is -0.144. The van der Waals surface area contributed by atoms with E-state index in [4.69, 9.17) is 0 Å². The van der Waals surface area contributed by atoms with E-state index in [2.05, 4.69) is 26.0 Å². The van der Waals surface area contributed by atoms with Crippen LogP contribution in [0.4, 0.5) is 0 Å². The molecule has 2 N–H and O–H groups in total. The third-order valence-electron chi connectivity index (χ3n) is 8.13. The summed E-state index contributed by atoms with van der Waals surface area (Å²) >= 11 is 0. The molecule has 1 aromatic rings. The summed E-state index contributed by atoms with van der Waals surface area (Å²) in [6.07, 6.45) is 16.4. The second-order valence-corrected chi connectivity index (χ2v) is 10.7. The molecular formula is C28H42O4. The van der Waals surface area contributed by atoms with Crippen LogP contribution in [-0.2, 0) is 22.4 Å². The Labute approximate surface area is 193 Å². The first kappa shape index (κ1) is 24.8. The highest BCUT2D eigenvalue weighted by atomic mass is 16.4. The molecule has 2 aliphatic rings. The van der Waals surface area contributed by atoms with Crippen LogP contribution in [0.2, 0.25) is 0 Å². The lowest BCUT2D eigenvalue weighted by atomic mass is 9.92. The monoisotopic (exact) mass is 442 g/mol. The number of carbonyl (C=O) groups is 2. The highest BCUT2D eigenvalue weighted by Crippen LogP contribution is 2.50. The van der Waals surface area contributed by atoms with Crippen molar-refractivity contribution < 1.29 is 19.8 Å². The number of aryl methyl sites for hydroxylation is 4. The zero-order chi connectivity index (χ0) is 23.2. The molecule has 0 spiro atoms. The topological polar surface area (TPSA) is 74.6 Å². The van der Waals surface area contributed by atoms with Crippen LogP contribution in [0.3, 0.4) is 0 Å². The van der Waals surface area contributed by atoms with Gasteiger partial charge < -0.3 is 10.2 Å². The molecule has 2 fully saturated rings. The maximum Gasteiger partial charge on any atom is 0.309 e. The van der Waals surface area contributed by atoms with Gasteiger partial charge in [-0.05, 0) is 100 Å². The summed E-state index contributed by atoms with van der Waals surface area (Å²) in [4.78, 5) is 22.6. The number of hydrogen-bond donors (Lipinski definition) is 2. The largest absolute Gasteiger partial charge is 0.481 e. The number of carboxylic acids is 2. The first-order chi connectivity index (χ1) is 15.3. The van der Waals surface area contributed by atoms with Gasteiger partial charge in [0.05, 0.1) is 10.8 Å². The maximum absolute atomic E-state index is 11.3. The fourth-order valence-corrected chi connectivity index (χ4v) is 5.11. The first-order valence-corrected chi connectivity index (χ1v) is 12.8. The van der Waals surface area contributed by atoms with Crippen LogP contribution in [0.1, 0.15) is 112 Å². The molecule has 2 aliphatic carbocycles. The molecule has 4 nitrogen and oxygen atoms in total. The van der Waals surface area contributed by atoms with Crippen molar-refractivity contribution in [2.45, 2.75) is 117 Å². The van der Waals surface area contributed by atoms with Crippen LogP contribution in [0.5, 0.6) is 0 Å². The SMILES string of the molecule is Cc1cc(CCCCCCC2(C(=O)O)CC2)c(CCCCCCC2(C(=O)O)CC2)cc1C. The van der Waals surface area contributed by atoms with E-state index in [1.807, 2.05) is 0 Å². The van der Waals surface area contributed by atoms with Gasteiger partial charge in [0, 0.05) is 0 Å². The average Bonchev–Trinajstić information content (AvgIpc) is 3.65. The summed E-state index contributed by atoms with van der Waals surface area (Å²) in [5, 5.41) is 18.6. The van der Waals surface area contributed by atoms with Crippen molar-refractivity contribution >= 4 is 11.9 Å². The summed E-state index contributed by atoms with van der Waals surface area (Å²) in [5.41, 5.74) is 4.97. The predicted octanol–water partition coefficient (Wildman–Crippen LogP) is 7.02.